The van der Waals surface area contributed by atoms with Crippen LogP contribution in [0, 0.1) is 0 Å². The van der Waals surface area contributed by atoms with Crippen molar-refractivity contribution in [2.45, 2.75) is 31.8 Å². The van der Waals surface area contributed by atoms with Gasteiger partial charge in [0.05, 0.1) is 5.56 Å². The molecule has 27 heavy (non-hydrogen) atoms. The SMILES string of the molecule is CC1(C(=O)NCc2ccc(C(=O)O)cc2)CCCN1C(=O)c1ccccc1. The molecule has 1 atom stereocenters. The Morgan fingerprint density at radius 1 is 1.04 bits per heavy atom. The second-order valence-corrected chi connectivity index (χ2v) is 6.88. The maximum Gasteiger partial charge on any atom is 0.335 e. The molecule has 2 aromatic rings. The van der Waals surface area contributed by atoms with Gasteiger partial charge in [-0.3, -0.25) is 9.59 Å². The average Bonchev–Trinajstić information content (AvgIpc) is 3.09. The predicted octanol–water partition coefficient (Wildman–Crippen LogP) is 2.70. The summed E-state index contributed by atoms with van der Waals surface area (Å²) in [6, 6.07) is 15.3. The molecule has 6 nitrogen and oxygen atoms in total. The van der Waals surface area contributed by atoms with Crippen LogP contribution in [0.4, 0.5) is 0 Å². The molecule has 1 unspecified atom stereocenters. The molecule has 1 heterocycles. The molecule has 0 bridgehead atoms. The first kappa shape index (κ1) is 18.6. The largest absolute Gasteiger partial charge is 0.478 e. The molecule has 0 aliphatic carbocycles. The summed E-state index contributed by atoms with van der Waals surface area (Å²) >= 11 is 0. The van der Waals surface area contributed by atoms with Gasteiger partial charge in [0.15, 0.2) is 0 Å². The molecule has 1 fully saturated rings. The van der Waals surface area contributed by atoms with Crippen LogP contribution in [0.1, 0.15) is 46.0 Å². The number of carboxylic acid groups (broad SMARTS) is 1. The summed E-state index contributed by atoms with van der Waals surface area (Å²) < 4.78 is 0. The highest BCUT2D eigenvalue weighted by atomic mass is 16.4. The van der Waals surface area contributed by atoms with Crippen molar-refractivity contribution in [3.8, 4) is 0 Å². The fraction of sp³-hybridized carbons (Fsp3) is 0.286. The summed E-state index contributed by atoms with van der Waals surface area (Å²) in [5, 5.41) is 11.8. The Morgan fingerprint density at radius 3 is 2.33 bits per heavy atom. The standard InChI is InChI=1S/C21H22N2O4/c1-21(12-5-13-23(21)18(24)16-6-3-2-4-7-16)20(27)22-14-15-8-10-17(11-9-15)19(25)26/h2-4,6-11H,5,12-14H2,1H3,(H,22,27)(H,25,26). The van der Waals surface area contributed by atoms with Gasteiger partial charge in [0.1, 0.15) is 5.54 Å². The number of likely N-dealkylation sites (tertiary alicyclic amines) is 1. The fourth-order valence-corrected chi connectivity index (χ4v) is 3.40. The molecule has 1 aliphatic rings. The van der Waals surface area contributed by atoms with Crippen LogP contribution in [-0.4, -0.2) is 39.9 Å². The van der Waals surface area contributed by atoms with E-state index in [1.54, 1.807) is 36.1 Å². The number of carboxylic acids is 1. The lowest BCUT2D eigenvalue weighted by Gasteiger charge is -2.34. The molecule has 0 radical (unpaired) electrons. The zero-order chi connectivity index (χ0) is 19.4. The van der Waals surface area contributed by atoms with E-state index in [9.17, 15) is 14.4 Å². The highest BCUT2D eigenvalue weighted by Gasteiger charge is 2.45. The van der Waals surface area contributed by atoms with Crippen molar-refractivity contribution in [3.05, 3.63) is 71.3 Å². The minimum absolute atomic E-state index is 0.142. The van der Waals surface area contributed by atoms with Crippen LogP contribution in [-0.2, 0) is 11.3 Å². The number of carbonyl (C=O) groups is 3. The second kappa shape index (κ2) is 7.61. The van der Waals surface area contributed by atoms with E-state index in [1.165, 1.54) is 12.1 Å². The summed E-state index contributed by atoms with van der Waals surface area (Å²) in [5.74, 6) is -1.33. The van der Waals surface area contributed by atoms with E-state index >= 15 is 0 Å². The van der Waals surface area contributed by atoms with Gasteiger partial charge in [-0.1, -0.05) is 30.3 Å². The Bertz CT molecular complexity index is 848. The maximum atomic E-state index is 12.9. The van der Waals surface area contributed by atoms with Gasteiger partial charge in [0.2, 0.25) is 5.91 Å². The summed E-state index contributed by atoms with van der Waals surface area (Å²) in [6.45, 7) is 2.62. The summed E-state index contributed by atoms with van der Waals surface area (Å²) in [4.78, 5) is 38.2. The van der Waals surface area contributed by atoms with Crippen molar-refractivity contribution >= 4 is 17.8 Å². The Kier molecular flexibility index (Phi) is 5.26. The van der Waals surface area contributed by atoms with Gasteiger partial charge in [-0.2, -0.15) is 0 Å². The number of hydrogen-bond acceptors (Lipinski definition) is 3. The van der Waals surface area contributed by atoms with Crippen molar-refractivity contribution in [3.63, 3.8) is 0 Å². The summed E-state index contributed by atoms with van der Waals surface area (Å²) in [5.41, 5.74) is 0.680. The number of benzene rings is 2. The molecule has 0 saturated carbocycles. The number of aromatic carboxylic acids is 1. The molecule has 2 amide bonds. The Hall–Kier alpha value is -3.15. The van der Waals surface area contributed by atoms with Crippen LogP contribution in [0.15, 0.2) is 54.6 Å². The molecule has 0 aromatic heterocycles. The number of carbonyl (C=O) groups excluding carboxylic acids is 2. The van der Waals surface area contributed by atoms with Crippen LogP contribution in [0.2, 0.25) is 0 Å². The summed E-state index contributed by atoms with van der Waals surface area (Å²) in [7, 11) is 0. The Labute approximate surface area is 157 Å². The number of nitrogens with zero attached hydrogens (tertiary/aromatic N) is 1. The number of rotatable bonds is 5. The lowest BCUT2D eigenvalue weighted by Crippen LogP contribution is -2.55. The molecule has 0 spiro atoms. The highest BCUT2D eigenvalue weighted by Crippen LogP contribution is 2.31. The first-order chi connectivity index (χ1) is 12.9. The van der Waals surface area contributed by atoms with Crippen molar-refractivity contribution in [2.24, 2.45) is 0 Å². The van der Waals surface area contributed by atoms with Gasteiger partial charge in [0, 0.05) is 18.7 Å². The van der Waals surface area contributed by atoms with Gasteiger partial charge in [-0.05, 0) is 49.6 Å². The molecule has 140 valence electrons. The Morgan fingerprint density at radius 2 is 1.70 bits per heavy atom. The third kappa shape index (κ3) is 3.84. The van der Waals surface area contributed by atoms with Gasteiger partial charge in [-0.25, -0.2) is 4.79 Å². The fourth-order valence-electron chi connectivity index (χ4n) is 3.40. The average molecular weight is 366 g/mol. The van der Waals surface area contributed by atoms with E-state index in [2.05, 4.69) is 5.32 Å². The quantitative estimate of drug-likeness (QED) is 0.852. The van der Waals surface area contributed by atoms with Gasteiger partial charge in [-0.15, -0.1) is 0 Å². The van der Waals surface area contributed by atoms with Gasteiger partial charge >= 0.3 is 5.97 Å². The Balaban J connectivity index is 1.68. The van der Waals surface area contributed by atoms with E-state index in [1.807, 2.05) is 18.2 Å². The van der Waals surface area contributed by atoms with E-state index in [0.29, 0.717) is 18.5 Å². The predicted molar refractivity (Wildman–Crippen MR) is 100 cm³/mol. The zero-order valence-electron chi connectivity index (χ0n) is 15.1. The molecular weight excluding hydrogens is 344 g/mol. The van der Waals surface area contributed by atoms with Gasteiger partial charge < -0.3 is 15.3 Å². The molecule has 2 N–H and O–H groups in total. The molecule has 1 aliphatic heterocycles. The minimum atomic E-state index is -0.987. The first-order valence-corrected chi connectivity index (χ1v) is 8.89. The lowest BCUT2D eigenvalue weighted by atomic mass is 9.96. The zero-order valence-corrected chi connectivity index (χ0v) is 15.1. The molecule has 6 heteroatoms. The van der Waals surface area contributed by atoms with Crippen molar-refractivity contribution in [1.29, 1.82) is 0 Å². The summed E-state index contributed by atoms with van der Waals surface area (Å²) in [6.07, 6.45) is 1.38. The van der Waals surface area contributed by atoms with Crippen LogP contribution >= 0.6 is 0 Å². The molecular formula is C21H22N2O4. The van der Waals surface area contributed by atoms with Crippen LogP contribution in [0.3, 0.4) is 0 Å². The maximum absolute atomic E-state index is 12.9. The second-order valence-electron chi connectivity index (χ2n) is 6.88. The van der Waals surface area contributed by atoms with Gasteiger partial charge in [0.25, 0.3) is 5.91 Å². The molecule has 1 saturated heterocycles. The lowest BCUT2D eigenvalue weighted by molar-refractivity contribution is -0.130. The van der Waals surface area contributed by atoms with E-state index in [0.717, 1.165) is 12.0 Å². The third-order valence-corrected chi connectivity index (χ3v) is 5.05. The van der Waals surface area contributed by atoms with Crippen molar-refractivity contribution in [2.75, 3.05) is 6.54 Å². The van der Waals surface area contributed by atoms with Crippen LogP contribution in [0.25, 0.3) is 0 Å². The van der Waals surface area contributed by atoms with E-state index in [-0.39, 0.29) is 23.9 Å². The van der Waals surface area contributed by atoms with E-state index < -0.39 is 11.5 Å². The number of hydrogen-bond donors (Lipinski definition) is 2. The minimum Gasteiger partial charge on any atom is -0.478 e. The van der Waals surface area contributed by atoms with Crippen LogP contribution < -0.4 is 5.32 Å². The normalized spacial score (nSPS) is 18.9. The molecule has 2 aromatic carbocycles. The number of amides is 2. The highest BCUT2D eigenvalue weighted by molar-refractivity contribution is 5.99. The van der Waals surface area contributed by atoms with Crippen LogP contribution in [0.5, 0.6) is 0 Å². The topological polar surface area (TPSA) is 86.7 Å². The molecule has 3 rings (SSSR count). The first-order valence-electron chi connectivity index (χ1n) is 8.89. The third-order valence-electron chi connectivity index (χ3n) is 5.05. The number of nitrogens with one attached hydrogen (secondary N) is 1. The van der Waals surface area contributed by atoms with Crippen molar-refractivity contribution < 1.29 is 19.5 Å². The van der Waals surface area contributed by atoms with E-state index in [4.69, 9.17) is 5.11 Å². The van der Waals surface area contributed by atoms with Crippen molar-refractivity contribution in [1.82, 2.24) is 10.2 Å². The monoisotopic (exact) mass is 366 g/mol. The smallest absolute Gasteiger partial charge is 0.335 e.